The number of rotatable bonds is 1. The average molecular weight is 212 g/mol. The Morgan fingerprint density at radius 1 is 1.06 bits per heavy atom. The third-order valence-corrected chi connectivity index (χ3v) is 4.15. The van der Waals surface area contributed by atoms with E-state index in [9.17, 15) is 0 Å². The quantitative estimate of drug-likeness (QED) is 0.633. The van der Waals surface area contributed by atoms with Crippen LogP contribution < -0.4 is 0 Å². The average Bonchev–Trinajstić information content (AvgIpc) is 2.70. The van der Waals surface area contributed by atoms with E-state index >= 15 is 0 Å². The molecule has 0 heterocycles. The monoisotopic (exact) mass is 212 g/mol. The molecule has 1 aromatic rings. The molecule has 0 heteroatoms. The van der Waals surface area contributed by atoms with E-state index in [2.05, 4.69) is 31.2 Å². The number of fused-ring (bicyclic) bond motifs is 1. The van der Waals surface area contributed by atoms with Gasteiger partial charge in [0.2, 0.25) is 0 Å². The number of hydrogen-bond acceptors (Lipinski definition) is 0. The zero-order chi connectivity index (χ0) is 11.0. The van der Waals surface area contributed by atoms with Crippen LogP contribution in [0.3, 0.4) is 0 Å². The lowest BCUT2D eigenvalue weighted by atomic mass is 9.81. The van der Waals surface area contributed by atoms with Crippen molar-refractivity contribution in [3.63, 3.8) is 0 Å². The molecule has 1 saturated carbocycles. The fourth-order valence-electron chi connectivity index (χ4n) is 3.35. The van der Waals surface area contributed by atoms with Crippen LogP contribution in [0.1, 0.15) is 61.6 Å². The first-order valence-electron chi connectivity index (χ1n) is 6.63. The molecule has 0 unspecified atom stereocenters. The highest BCUT2D eigenvalue weighted by molar-refractivity contribution is 5.65. The van der Waals surface area contributed by atoms with Crippen molar-refractivity contribution in [3.05, 3.63) is 40.5 Å². The maximum Gasteiger partial charge on any atom is -0.00578 e. The predicted molar refractivity (Wildman–Crippen MR) is 69.6 cm³/mol. The van der Waals surface area contributed by atoms with Crippen LogP contribution in [0.25, 0.3) is 6.08 Å². The Labute approximate surface area is 98.4 Å². The molecule has 0 saturated heterocycles. The molecule has 0 amide bonds. The van der Waals surface area contributed by atoms with Crippen molar-refractivity contribution in [1.29, 1.82) is 0 Å². The molecule has 16 heavy (non-hydrogen) atoms. The number of allylic oxidation sites excluding steroid dienone is 1. The molecule has 2 aliphatic carbocycles. The second-order valence-corrected chi connectivity index (χ2v) is 5.42. The van der Waals surface area contributed by atoms with Crippen molar-refractivity contribution >= 4 is 6.08 Å². The molecular formula is C16H20. The van der Waals surface area contributed by atoms with Gasteiger partial charge in [-0.25, -0.2) is 0 Å². The molecule has 0 atom stereocenters. The summed E-state index contributed by atoms with van der Waals surface area (Å²) in [5, 5.41) is 0. The Bertz CT molecular complexity index is 420. The van der Waals surface area contributed by atoms with Crippen LogP contribution >= 0.6 is 0 Å². The lowest BCUT2D eigenvalue weighted by Crippen LogP contribution is -2.07. The maximum absolute atomic E-state index is 2.38. The summed E-state index contributed by atoms with van der Waals surface area (Å²) >= 11 is 0. The van der Waals surface area contributed by atoms with Crippen LogP contribution in [0, 0.1) is 0 Å². The van der Waals surface area contributed by atoms with Crippen molar-refractivity contribution in [2.45, 2.75) is 51.4 Å². The van der Waals surface area contributed by atoms with E-state index in [4.69, 9.17) is 0 Å². The topological polar surface area (TPSA) is 0 Å². The van der Waals surface area contributed by atoms with Gasteiger partial charge in [-0.1, -0.05) is 49.1 Å². The van der Waals surface area contributed by atoms with Gasteiger partial charge in [0.25, 0.3) is 0 Å². The summed E-state index contributed by atoms with van der Waals surface area (Å²) in [4.78, 5) is 0. The molecule has 0 aromatic heterocycles. The molecule has 1 aromatic carbocycles. The van der Waals surface area contributed by atoms with Gasteiger partial charge in [-0.15, -0.1) is 0 Å². The van der Waals surface area contributed by atoms with Crippen LogP contribution in [-0.2, 0) is 6.42 Å². The number of hydrogen-bond donors (Lipinski definition) is 0. The molecule has 0 N–H and O–H groups in total. The minimum absolute atomic E-state index is 0.850. The highest BCUT2D eigenvalue weighted by Crippen LogP contribution is 2.38. The first kappa shape index (κ1) is 10.1. The molecule has 0 aliphatic heterocycles. The minimum atomic E-state index is 0.850. The third kappa shape index (κ3) is 1.71. The fraction of sp³-hybridized carbons (Fsp3) is 0.500. The molecule has 84 valence electrons. The molecule has 0 nitrogen and oxygen atoms in total. The summed E-state index contributed by atoms with van der Waals surface area (Å²) in [6, 6.07) is 6.90. The normalized spacial score (nSPS) is 20.7. The molecule has 1 fully saturated rings. The van der Waals surface area contributed by atoms with E-state index in [0.717, 1.165) is 5.92 Å². The van der Waals surface area contributed by atoms with Gasteiger partial charge in [0.1, 0.15) is 0 Å². The Kier molecular flexibility index (Phi) is 2.59. The largest absolute Gasteiger partial charge is 0.0683 e. The van der Waals surface area contributed by atoms with Gasteiger partial charge in [-0.3, -0.25) is 0 Å². The van der Waals surface area contributed by atoms with Crippen LogP contribution in [0.4, 0.5) is 0 Å². The van der Waals surface area contributed by atoms with Crippen LogP contribution in [0.5, 0.6) is 0 Å². The highest BCUT2D eigenvalue weighted by Gasteiger charge is 2.21. The summed E-state index contributed by atoms with van der Waals surface area (Å²) in [7, 11) is 0. The van der Waals surface area contributed by atoms with Crippen molar-refractivity contribution in [2.75, 3.05) is 0 Å². The molecule has 0 spiro atoms. The van der Waals surface area contributed by atoms with Crippen molar-refractivity contribution < 1.29 is 0 Å². The Morgan fingerprint density at radius 3 is 2.69 bits per heavy atom. The van der Waals surface area contributed by atoms with Gasteiger partial charge in [-0.2, -0.15) is 0 Å². The van der Waals surface area contributed by atoms with Crippen molar-refractivity contribution in [1.82, 2.24) is 0 Å². The Balaban J connectivity index is 1.95. The highest BCUT2D eigenvalue weighted by atomic mass is 14.3. The Hall–Kier alpha value is -1.04. The molecule has 0 bridgehead atoms. The molecular weight excluding hydrogens is 192 g/mol. The molecule has 0 radical (unpaired) electrons. The van der Waals surface area contributed by atoms with E-state index in [0.29, 0.717) is 0 Å². The first-order chi connectivity index (χ1) is 7.84. The van der Waals surface area contributed by atoms with Gasteiger partial charge in [0, 0.05) is 0 Å². The molecule has 3 rings (SSSR count). The van der Waals surface area contributed by atoms with Crippen molar-refractivity contribution in [2.24, 2.45) is 0 Å². The lowest BCUT2D eigenvalue weighted by molar-refractivity contribution is 0.442. The lowest BCUT2D eigenvalue weighted by Gasteiger charge is -2.24. The smallest absolute Gasteiger partial charge is 0.00578 e. The van der Waals surface area contributed by atoms with Crippen LogP contribution in [-0.4, -0.2) is 0 Å². The van der Waals surface area contributed by atoms with Gasteiger partial charge < -0.3 is 0 Å². The standard InChI is InChI=1S/C16H20/c1-12-10-14-8-5-9-15(16(14)11-12)13-6-3-2-4-7-13/h5,8-10,13H,2-4,6-7,11H2,1H3. The van der Waals surface area contributed by atoms with Gasteiger partial charge in [0.05, 0.1) is 0 Å². The van der Waals surface area contributed by atoms with Gasteiger partial charge >= 0.3 is 0 Å². The SMILES string of the molecule is CC1=Cc2cccc(C3CCCCC3)c2C1. The molecule has 2 aliphatic rings. The fourth-order valence-corrected chi connectivity index (χ4v) is 3.35. The number of benzene rings is 1. The van der Waals surface area contributed by atoms with Gasteiger partial charge in [0.15, 0.2) is 0 Å². The van der Waals surface area contributed by atoms with E-state index in [1.165, 1.54) is 49.7 Å². The second kappa shape index (κ2) is 4.08. The van der Waals surface area contributed by atoms with E-state index in [1.54, 1.807) is 11.1 Å². The zero-order valence-electron chi connectivity index (χ0n) is 10.1. The summed E-state index contributed by atoms with van der Waals surface area (Å²) in [6.45, 7) is 2.25. The van der Waals surface area contributed by atoms with Crippen LogP contribution in [0.2, 0.25) is 0 Å². The van der Waals surface area contributed by atoms with Gasteiger partial charge in [-0.05, 0) is 48.8 Å². The maximum atomic E-state index is 2.38. The summed E-state index contributed by atoms with van der Waals surface area (Å²) < 4.78 is 0. The van der Waals surface area contributed by atoms with Crippen molar-refractivity contribution in [3.8, 4) is 0 Å². The zero-order valence-corrected chi connectivity index (χ0v) is 10.1. The van der Waals surface area contributed by atoms with Crippen LogP contribution in [0.15, 0.2) is 23.8 Å². The second-order valence-electron chi connectivity index (χ2n) is 5.42. The first-order valence-corrected chi connectivity index (χ1v) is 6.63. The summed E-state index contributed by atoms with van der Waals surface area (Å²) in [6.07, 6.45) is 10.7. The minimum Gasteiger partial charge on any atom is -0.0683 e. The predicted octanol–water partition coefficient (Wildman–Crippen LogP) is 4.69. The van der Waals surface area contributed by atoms with E-state index in [-0.39, 0.29) is 0 Å². The van der Waals surface area contributed by atoms with E-state index in [1.807, 2.05) is 0 Å². The summed E-state index contributed by atoms with van der Waals surface area (Å²) in [5.74, 6) is 0.850. The summed E-state index contributed by atoms with van der Waals surface area (Å²) in [5.41, 5.74) is 6.30. The Morgan fingerprint density at radius 2 is 1.88 bits per heavy atom. The third-order valence-electron chi connectivity index (χ3n) is 4.15. The van der Waals surface area contributed by atoms with E-state index < -0.39 is 0 Å².